The summed E-state index contributed by atoms with van der Waals surface area (Å²) in [5, 5.41) is 0. The van der Waals surface area contributed by atoms with Crippen molar-refractivity contribution >= 4 is 15.9 Å². The minimum absolute atomic E-state index is 0.790. The molecule has 0 aromatic heterocycles. The molecule has 0 heterocycles. The molecule has 48 valence electrons. The third-order valence-corrected chi connectivity index (χ3v) is 1.96. The third-order valence-electron chi connectivity index (χ3n) is 0.218. The molecule has 1 N–H and O–H groups in total. The van der Waals surface area contributed by atoms with E-state index in [2.05, 4.69) is 4.31 Å². The van der Waals surface area contributed by atoms with Crippen LogP contribution in [0.2, 0.25) is 0 Å². The molecule has 0 aliphatic carbocycles. The quantitative estimate of drug-likeness (QED) is 0.564. The highest BCUT2D eigenvalue weighted by molar-refractivity contribution is 7.58. The number of hydrogen-bond donors (Lipinski definition) is 1. The summed E-state index contributed by atoms with van der Waals surface area (Å²) in [6.45, 7) is 0.790. The highest BCUT2D eigenvalue weighted by atomic mass is 31.2. The van der Waals surface area contributed by atoms with E-state index in [-0.39, 0.29) is 0 Å². The number of rotatable bonds is 2. The van der Waals surface area contributed by atoms with Crippen LogP contribution < -0.4 is 4.89 Å². The van der Waals surface area contributed by atoms with Gasteiger partial charge in [0.1, 0.15) is 0 Å². The van der Waals surface area contributed by atoms with Crippen LogP contribution in [0.4, 0.5) is 0 Å². The molecule has 7 heteroatoms. The van der Waals surface area contributed by atoms with Crippen molar-refractivity contribution in [2.75, 3.05) is 6.66 Å². The maximum Gasteiger partial charge on any atom is 0.497 e. The van der Waals surface area contributed by atoms with Crippen LogP contribution >= 0.6 is 15.9 Å². The van der Waals surface area contributed by atoms with E-state index < -0.39 is 15.9 Å². The maximum absolute atomic E-state index is 9.97. The van der Waals surface area contributed by atoms with Crippen LogP contribution in [0.15, 0.2) is 0 Å². The Morgan fingerprint density at radius 2 is 2.25 bits per heavy atom. The molecule has 2 unspecified atom stereocenters. The number of hydrogen-bond acceptors (Lipinski definition) is 4. The monoisotopic (exact) mass is 158 g/mol. The average molecular weight is 158 g/mol. The van der Waals surface area contributed by atoms with Crippen LogP contribution in [0.5, 0.6) is 0 Å². The molecule has 0 saturated heterocycles. The Morgan fingerprint density at radius 1 is 1.88 bits per heavy atom. The molecule has 0 bridgehead atoms. The molecule has 0 aromatic rings. The molecule has 0 aliphatic heterocycles. The molecule has 8 heavy (non-hydrogen) atoms. The summed E-state index contributed by atoms with van der Waals surface area (Å²) < 4.78 is 23.0. The van der Waals surface area contributed by atoms with Crippen molar-refractivity contribution in [1.82, 2.24) is 0 Å². The van der Waals surface area contributed by atoms with E-state index in [1.54, 1.807) is 0 Å². The van der Waals surface area contributed by atoms with E-state index in [1.807, 2.05) is 0 Å². The zero-order chi connectivity index (χ0) is 6.78. The van der Waals surface area contributed by atoms with Gasteiger partial charge in [0.2, 0.25) is 0 Å². The Bertz CT molecular complexity index is 133. The lowest BCUT2D eigenvalue weighted by Crippen LogP contribution is -1.88. The molecule has 0 aliphatic rings. The molecule has 0 fully saturated rings. The minimum Gasteiger partial charge on any atom is -0.566 e. The highest BCUT2D eigenvalue weighted by Crippen LogP contribution is 2.44. The highest BCUT2D eigenvalue weighted by Gasteiger charge is 2.19. The Morgan fingerprint density at radius 3 is 2.25 bits per heavy atom. The van der Waals surface area contributed by atoms with Gasteiger partial charge >= 0.3 is 15.9 Å². The Hall–Kier alpha value is 0.210. The Kier molecular flexibility index (Phi) is 2.74. The molecule has 0 amide bonds. The first-order valence-corrected chi connectivity index (χ1v) is 4.68. The van der Waals surface area contributed by atoms with Gasteiger partial charge in [-0.1, -0.05) is 4.31 Å². The summed E-state index contributed by atoms with van der Waals surface area (Å²) in [6, 6.07) is 0. The summed E-state index contributed by atoms with van der Waals surface area (Å²) in [4.78, 5) is 17.6. The van der Waals surface area contributed by atoms with Gasteiger partial charge in [-0.2, -0.15) is 0 Å². The van der Waals surface area contributed by atoms with Gasteiger partial charge in [-0.05, 0) is 4.57 Å². The van der Waals surface area contributed by atoms with E-state index in [1.165, 1.54) is 0 Å². The molecule has 0 aromatic carbocycles. The predicted octanol–water partition coefficient (Wildman–Crippen LogP) is -0.164. The normalized spacial score (nSPS) is 19.6. The van der Waals surface area contributed by atoms with Crippen molar-refractivity contribution in [3.05, 3.63) is 0 Å². The van der Waals surface area contributed by atoms with Gasteiger partial charge in [-0.15, -0.1) is 0 Å². The summed E-state index contributed by atoms with van der Waals surface area (Å²) >= 11 is 0. The molecule has 5 nitrogen and oxygen atoms in total. The fourth-order valence-electron chi connectivity index (χ4n) is 0.124. The lowest BCUT2D eigenvalue weighted by Gasteiger charge is -1.92. The zero-order valence-electron chi connectivity index (χ0n) is 3.97. The van der Waals surface area contributed by atoms with Crippen LogP contribution in [0.1, 0.15) is 0 Å². The van der Waals surface area contributed by atoms with E-state index in [0.29, 0.717) is 0 Å². The van der Waals surface area contributed by atoms with Crippen molar-refractivity contribution in [3.63, 3.8) is 0 Å². The van der Waals surface area contributed by atoms with Gasteiger partial charge in [0.25, 0.3) is 0 Å². The molecule has 0 saturated carbocycles. The second-order valence-corrected chi connectivity index (χ2v) is 3.81. The Balaban J connectivity index is 3.74. The van der Waals surface area contributed by atoms with Crippen LogP contribution in [-0.2, 0) is 13.4 Å². The van der Waals surface area contributed by atoms with Gasteiger partial charge in [-0.3, -0.25) is 4.57 Å². The molecule has 0 rings (SSSR count). The fourth-order valence-corrected chi connectivity index (χ4v) is 1.11. The van der Waals surface area contributed by atoms with Crippen molar-refractivity contribution in [1.29, 1.82) is 0 Å². The van der Waals surface area contributed by atoms with E-state index >= 15 is 0 Å². The second-order valence-electron chi connectivity index (χ2n) is 1.11. The van der Waals surface area contributed by atoms with Crippen molar-refractivity contribution < 1.29 is 23.2 Å². The first-order valence-electron chi connectivity index (χ1n) is 1.56. The van der Waals surface area contributed by atoms with Gasteiger partial charge in [0.05, 0.1) is 0 Å². The third kappa shape index (κ3) is 6.21. The second kappa shape index (κ2) is 2.67. The summed E-state index contributed by atoms with van der Waals surface area (Å²) in [6.07, 6.45) is 0. The van der Waals surface area contributed by atoms with Crippen LogP contribution in [-0.4, -0.2) is 11.6 Å². The van der Waals surface area contributed by atoms with Gasteiger partial charge in [0.15, 0.2) is 0 Å². The topological polar surface area (TPSA) is 86.7 Å². The van der Waals surface area contributed by atoms with E-state index in [4.69, 9.17) is 4.89 Å². The van der Waals surface area contributed by atoms with Gasteiger partial charge < -0.3 is 9.79 Å². The van der Waals surface area contributed by atoms with Crippen molar-refractivity contribution in [3.8, 4) is 0 Å². The summed E-state index contributed by atoms with van der Waals surface area (Å²) in [5.41, 5.74) is 0. The first kappa shape index (κ1) is 8.21. The average Bonchev–Trinajstić information content (AvgIpc) is 1.21. The predicted molar refractivity (Wildman–Crippen MR) is 24.4 cm³/mol. The zero-order valence-corrected chi connectivity index (χ0v) is 5.76. The van der Waals surface area contributed by atoms with Crippen LogP contribution in [0.25, 0.3) is 0 Å². The molecular weight excluding hydrogens is 154 g/mol. The minimum atomic E-state index is -3.82. The standard InChI is InChI=1S/CH4O5P2/c1-8(4,5)6-7(2)3/h1H3,(H,4,5). The maximum atomic E-state index is 9.97. The van der Waals surface area contributed by atoms with E-state index in [0.717, 1.165) is 6.66 Å². The summed E-state index contributed by atoms with van der Waals surface area (Å²) in [7, 11) is -7.02. The molecular formula is CH4O5P2. The van der Waals surface area contributed by atoms with Crippen molar-refractivity contribution in [2.45, 2.75) is 0 Å². The van der Waals surface area contributed by atoms with Crippen molar-refractivity contribution in [2.24, 2.45) is 0 Å². The molecule has 0 radical (unpaired) electrons. The lowest BCUT2D eigenvalue weighted by molar-refractivity contribution is -0.178. The largest absolute Gasteiger partial charge is 0.566 e. The van der Waals surface area contributed by atoms with E-state index in [9.17, 15) is 14.0 Å². The SMILES string of the molecule is CP(=O)(O)O[P+](=O)[O-]. The fraction of sp³-hybridized carbons (Fsp3) is 1.00. The first-order chi connectivity index (χ1) is 3.42. The molecule has 0 spiro atoms. The lowest BCUT2D eigenvalue weighted by atomic mass is 12.0. The Labute approximate surface area is 46.8 Å². The van der Waals surface area contributed by atoms with Gasteiger partial charge in [0, 0.05) is 6.66 Å². The van der Waals surface area contributed by atoms with Crippen LogP contribution in [0.3, 0.4) is 0 Å². The van der Waals surface area contributed by atoms with Gasteiger partial charge in [-0.25, -0.2) is 0 Å². The summed E-state index contributed by atoms with van der Waals surface area (Å²) in [5.74, 6) is 0. The smallest absolute Gasteiger partial charge is 0.497 e. The van der Waals surface area contributed by atoms with Crippen LogP contribution in [0, 0.1) is 0 Å². The molecule has 2 atom stereocenters.